The topological polar surface area (TPSA) is 75.2 Å². The molecule has 2 aliphatic rings. The average Bonchev–Trinajstić information content (AvgIpc) is 3.13. The summed E-state index contributed by atoms with van der Waals surface area (Å²) < 4.78 is 23.4. The first-order chi connectivity index (χ1) is 9.97. The highest BCUT2D eigenvalue weighted by molar-refractivity contribution is 7.91. The minimum Gasteiger partial charge on any atom is -0.353 e. The van der Waals surface area contributed by atoms with Crippen molar-refractivity contribution in [3.05, 3.63) is 11.8 Å². The van der Waals surface area contributed by atoms with Crippen LogP contribution in [0.4, 0.5) is 11.8 Å². The highest BCUT2D eigenvalue weighted by Gasteiger charge is 2.32. The number of hydrogen-bond donors (Lipinski definition) is 1. The summed E-state index contributed by atoms with van der Waals surface area (Å²) in [6, 6.07) is 2.47. The number of nitrogens with zero attached hydrogens (tertiary/aromatic N) is 3. The van der Waals surface area contributed by atoms with Crippen molar-refractivity contribution in [1.29, 1.82) is 0 Å². The summed E-state index contributed by atoms with van der Waals surface area (Å²) in [6.07, 6.45) is 3.03. The first-order valence-corrected chi connectivity index (χ1v) is 9.38. The fourth-order valence-corrected chi connectivity index (χ4v) is 4.53. The van der Waals surface area contributed by atoms with Crippen LogP contribution in [0, 0.1) is 6.92 Å². The molecule has 0 bridgehead atoms. The fourth-order valence-electron chi connectivity index (χ4n) is 2.80. The van der Waals surface area contributed by atoms with Crippen LogP contribution in [-0.2, 0) is 9.84 Å². The Hall–Kier alpha value is -1.37. The molecule has 0 amide bonds. The Bertz CT molecular complexity index is 628. The van der Waals surface area contributed by atoms with E-state index >= 15 is 0 Å². The minimum absolute atomic E-state index is 0.0306. The molecule has 1 aliphatic heterocycles. The highest BCUT2D eigenvalue weighted by Crippen LogP contribution is 2.26. The van der Waals surface area contributed by atoms with Gasteiger partial charge in [0, 0.05) is 30.4 Å². The molecule has 3 rings (SSSR count). The molecule has 0 aromatic carbocycles. The third kappa shape index (κ3) is 3.45. The summed E-state index contributed by atoms with van der Waals surface area (Å²) >= 11 is 0. The zero-order valence-electron chi connectivity index (χ0n) is 12.5. The van der Waals surface area contributed by atoms with Crippen LogP contribution < -0.4 is 10.2 Å². The molecule has 6 nitrogen and oxygen atoms in total. The van der Waals surface area contributed by atoms with E-state index < -0.39 is 9.84 Å². The van der Waals surface area contributed by atoms with Gasteiger partial charge in [0.1, 0.15) is 5.82 Å². The monoisotopic (exact) mass is 310 g/mol. The van der Waals surface area contributed by atoms with Crippen LogP contribution in [-0.4, -0.2) is 48.5 Å². The van der Waals surface area contributed by atoms with E-state index in [1.165, 1.54) is 12.8 Å². The van der Waals surface area contributed by atoms with Crippen molar-refractivity contribution in [2.75, 3.05) is 28.3 Å². The number of sulfone groups is 1. The standard InChI is InChI=1S/C14H22N4O2S/c1-3-18(12-6-7-21(19,20)9-12)13-8-10(2)15-14(17-13)16-11-4-5-11/h8,11-12H,3-7,9H2,1-2H3,(H,15,16,17). The second-order valence-corrected chi connectivity index (χ2v) is 8.18. The zero-order valence-corrected chi connectivity index (χ0v) is 13.4. The normalized spacial score (nSPS) is 24.0. The van der Waals surface area contributed by atoms with Gasteiger partial charge in [-0.2, -0.15) is 4.98 Å². The van der Waals surface area contributed by atoms with E-state index in [9.17, 15) is 8.42 Å². The second-order valence-electron chi connectivity index (χ2n) is 5.95. The molecule has 1 aromatic rings. The lowest BCUT2D eigenvalue weighted by molar-refractivity contribution is 0.599. The number of hydrogen-bond acceptors (Lipinski definition) is 6. The number of aromatic nitrogens is 2. The first-order valence-electron chi connectivity index (χ1n) is 7.56. The third-order valence-electron chi connectivity index (χ3n) is 4.04. The van der Waals surface area contributed by atoms with Crippen molar-refractivity contribution < 1.29 is 8.42 Å². The Balaban J connectivity index is 1.84. The van der Waals surface area contributed by atoms with E-state index in [4.69, 9.17) is 0 Å². The second kappa shape index (κ2) is 5.44. The van der Waals surface area contributed by atoms with Gasteiger partial charge in [-0.1, -0.05) is 0 Å². The Kier molecular flexibility index (Phi) is 3.77. The molecule has 1 atom stereocenters. The number of aryl methyl sites for hydroxylation is 1. The molecule has 1 saturated heterocycles. The molecule has 1 aliphatic carbocycles. The molecule has 1 unspecified atom stereocenters. The van der Waals surface area contributed by atoms with Crippen LogP contribution in [0.15, 0.2) is 6.07 Å². The summed E-state index contributed by atoms with van der Waals surface area (Å²) in [7, 11) is -2.89. The van der Waals surface area contributed by atoms with Crippen molar-refractivity contribution in [2.45, 2.75) is 45.2 Å². The van der Waals surface area contributed by atoms with Crippen LogP contribution in [0.25, 0.3) is 0 Å². The summed E-state index contributed by atoms with van der Waals surface area (Å²) in [5, 5.41) is 3.32. The smallest absolute Gasteiger partial charge is 0.225 e. The SMILES string of the molecule is CCN(c1cc(C)nc(NC2CC2)n1)C1CCS(=O)(=O)C1. The van der Waals surface area contributed by atoms with E-state index in [-0.39, 0.29) is 17.5 Å². The van der Waals surface area contributed by atoms with E-state index in [0.29, 0.717) is 18.4 Å². The van der Waals surface area contributed by atoms with Crippen molar-refractivity contribution in [1.82, 2.24) is 9.97 Å². The van der Waals surface area contributed by atoms with Gasteiger partial charge < -0.3 is 10.2 Å². The maximum Gasteiger partial charge on any atom is 0.225 e. The molecule has 2 heterocycles. The van der Waals surface area contributed by atoms with Gasteiger partial charge in [0.2, 0.25) is 5.95 Å². The third-order valence-corrected chi connectivity index (χ3v) is 5.79. The van der Waals surface area contributed by atoms with Gasteiger partial charge in [0.15, 0.2) is 9.84 Å². The van der Waals surface area contributed by atoms with Crippen molar-refractivity contribution in [2.24, 2.45) is 0 Å². The molecule has 1 aromatic heterocycles. The van der Waals surface area contributed by atoms with Gasteiger partial charge in [0.05, 0.1) is 11.5 Å². The number of nitrogens with one attached hydrogen (secondary N) is 1. The highest BCUT2D eigenvalue weighted by atomic mass is 32.2. The molecule has 0 radical (unpaired) electrons. The van der Waals surface area contributed by atoms with Crippen molar-refractivity contribution >= 4 is 21.6 Å². The van der Waals surface area contributed by atoms with E-state index in [1.807, 2.05) is 19.9 Å². The summed E-state index contributed by atoms with van der Waals surface area (Å²) in [4.78, 5) is 11.1. The van der Waals surface area contributed by atoms with Crippen LogP contribution in [0.3, 0.4) is 0 Å². The van der Waals surface area contributed by atoms with E-state index in [1.54, 1.807) is 0 Å². The van der Waals surface area contributed by atoms with Crippen molar-refractivity contribution in [3.8, 4) is 0 Å². The molecule has 116 valence electrons. The molecule has 7 heteroatoms. The van der Waals surface area contributed by atoms with Crippen LogP contribution in [0.1, 0.15) is 31.9 Å². The summed E-state index contributed by atoms with van der Waals surface area (Å²) in [5.41, 5.74) is 0.905. The van der Waals surface area contributed by atoms with Crippen molar-refractivity contribution in [3.63, 3.8) is 0 Å². The first kappa shape index (κ1) is 14.6. The zero-order chi connectivity index (χ0) is 15.0. The van der Waals surface area contributed by atoms with E-state index in [2.05, 4.69) is 20.2 Å². The molecule has 2 fully saturated rings. The number of anilines is 2. The van der Waals surface area contributed by atoms with Gasteiger partial charge in [-0.05, 0) is 33.1 Å². The maximum absolute atomic E-state index is 11.7. The van der Waals surface area contributed by atoms with Crippen LogP contribution in [0.5, 0.6) is 0 Å². The average molecular weight is 310 g/mol. The lowest BCUT2D eigenvalue weighted by Gasteiger charge is -2.28. The summed E-state index contributed by atoms with van der Waals surface area (Å²) in [5.74, 6) is 2.00. The number of rotatable bonds is 5. The van der Waals surface area contributed by atoms with Gasteiger partial charge in [0.25, 0.3) is 0 Å². The molecule has 1 saturated carbocycles. The summed E-state index contributed by atoms with van der Waals surface area (Å²) in [6.45, 7) is 4.73. The molecule has 1 N–H and O–H groups in total. The minimum atomic E-state index is -2.89. The molecule has 0 spiro atoms. The van der Waals surface area contributed by atoms with Gasteiger partial charge in [-0.3, -0.25) is 0 Å². The Morgan fingerprint density at radius 3 is 2.67 bits per heavy atom. The molecular formula is C14H22N4O2S. The Labute approximate surface area is 125 Å². The molecule has 21 heavy (non-hydrogen) atoms. The predicted octanol–water partition coefficient (Wildman–Crippen LogP) is 1.37. The largest absolute Gasteiger partial charge is 0.353 e. The van der Waals surface area contributed by atoms with E-state index in [0.717, 1.165) is 18.1 Å². The Morgan fingerprint density at radius 2 is 2.10 bits per heavy atom. The van der Waals surface area contributed by atoms with Gasteiger partial charge in [-0.25, -0.2) is 13.4 Å². The lowest BCUT2D eigenvalue weighted by atomic mass is 10.2. The van der Waals surface area contributed by atoms with Gasteiger partial charge in [-0.15, -0.1) is 0 Å². The van der Waals surface area contributed by atoms with Crippen LogP contribution >= 0.6 is 0 Å². The maximum atomic E-state index is 11.7. The fraction of sp³-hybridized carbons (Fsp3) is 0.714. The van der Waals surface area contributed by atoms with Crippen LogP contribution in [0.2, 0.25) is 0 Å². The Morgan fingerprint density at radius 1 is 1.33 bits per heavy atom. The lowest BCUT2D eigenvalue weighted by Crippen LogP contribution is -2.37. The molecular weight excluding hydrogens is 288 g/mol. The predicted molar refractivity (Wildman–Crippen MR) is 83.5 cm³/mol. The quantitative estimate of drug-likeness (QED) is 0.885. The van der Waals surface area contributed by atoms with Gasteiger partial charge >= 0.3 is 0 Å².